The molecule has 1 heteroatoms. The first kappa shape index (κ1) is 5.72. The Hall–Kier alpha value is -0.0400. The zero-order chi connectivity index (χ0) is 6.48. The molecular weight excluding hydrogens is 110 g/mol. The van der Waals surface area contributed by atoms with Gasteiger partial charge in [0.2, 0.25) is 0 Å². The highest BCUT2D eigenvalue weighted by atomic mass is 15.0. The van der Waals surface area contributed by atoms with Crippen molar-refractivity contribution in [2.45, 2.75) is 32.7 Å². The lowest BCUT2D eigenvalue weighted by Crippen LogP contribution is -2.29. The first-order valence-electron chi connectivity index (χ1n) is 3.94. The summed E-state index contributed by atoms with van der Waals surface area (Å²) in [6, 6.07) is 0.836. The lowest BCUT2D eigenvalue weighted by Gasteiger charge is -2.22. The van der Waals surface area contributed by atoms with E-state index < -0.39 is 0 Å². The van der Waals surface area contributed by atoms with Gasteiger partial charge in [0.1, 0.15) is 0 Å². The van der Waals surface area contributed by atoms with Crippen LogP contribution in [0.1, 0.15) is 26.7 Å². The molecule has 0 radical (unpaired) electrons. The lowest BCUT2D eigenvalue weighted by atomic mass is 9.83. The zero-order valence-corrected chi connectivity index (χ0v) is 6.28. The molecule has 0 spiro atoms. The number of hydrogen-bond acceptors (Lipinski definition) is 1. The summed E-state index contributed by atoms with van der Waals surface area (Å²) >= 11 is 0. The Morgan fingerprint density at radius 2 is 2.11 bits per heavy atom. The standard InChI is InChI=1S/C8H15N/c1-8(2)6-3-4-7(8)9-5-6/h6-7,9H,3-5H2,1-2H3/t6-,7-/m1/s1. The van der Waals surface area contributed by atoms with E-state index in [-0.39, 0.29) is 0 Å². The summed E-state index contributed by atoms with van der Waals surface area (Å²) in [5.41, 5.74) is 0.611. The highest BCUT2D eigenvalue weighted by molar-refractivity contribution is 5.02. The molecule has 0 amide bonds. The molecule has 52 valence electrons. The largest absolute Gasteiger partial charge is 0.313 e. The molecule has 9 heavy (non-hydrogen) atoms. The van der Waals surface area contributed by atoms with E-state index in [0.29, 0.717) is 5.41 Å². The normalized spacial score (nSPS) is 46.0. The molecule has 2 bridgehead atoms. The maximum Gasteiger partial charge on any atom is 0.0122 e. The minimum Gasteiger partial charge on any atom is -0.313 e. The van der Waals surface area contributed by atoms with E-state index in [2.05, 4.69) is 19.2 Å². The van der Waals surface area contributed by atoms with Gasteiger partial charge in [0.15, 0.2) is 0 Å². The monoisotopic (exact) mass is 125 g/mol. The van der Waals surface area contributed by atoms with Gasteiger partial charge in [-0.3, -0.25) is 0 Å². The van der Waals surface area contributed by atoms with Crippen molar-refractivity contribution < 1.29 is 0 Å². The van der Waals surface area contributed by atoms with Crippen LogP contribution in [-0.2, 0) is 0 Å². The Morgan fingerprint density at radius 3 is 2.22 bits per heavy atom. The van der Waals surface area contributed by atoms with Crippen LogP contribution in [0.25, 0.3) is 0 Å². The Balaban J connectivity index is 2.26. The van der Waals surface area contributed by atoms with E-state index in [9.17, 15) is 0 Å². The van der Waals surface area contributed by atoms with Gasteiger partial charge < -0.3 is 5.32 Å². The molecule has 0 aromatic heterocycles. The number of fused-ring (bicyclic) bond motifs is 2. The van der Waals surface area contributed by atoms with Crippen LogP contribution in [0, 0.1) is 11.3 Å². The van der Waals surface area contributed by atoms with Gasteiger partial charge in [-0.2, -0.15) is 0 Å². The van der Waals surface area contributed by atoms with E-state index in [1.54, 1.807) is 0 Å². The Kier molecular flexibility index (Phi) is 0.963. The van der Waals surface area contributed by atoms with Crippen LogP contribution >= 0.6 is 0 Å². The molecule has 1 nitrogen and oxygen atoms in total. The summed E-state index contributed by atoms with van der Waals surface area (Å²) in [6.45, 7) is 6.07. The van der Waals surface area contributed by atoms with Crippen molar-refractivity contribution in [1.82, 2.24) is 5.32 Å². The molecule has 1 saturated heterocycles. The average molecular weight is 125 g/mol. The maximum absolute atomic E-state index is 3.55. The first-order chi connectivity index (χ1) is 4.21. The number of piperidine rings is 1. The minimum absolute atomic E-state index is 0.611. The molecule has 1 aliphatic heterocycles. The molecule has 0 aromatic carbocycles. The summed E-state index contributed by atoms with van der Waals surface area (Å²) in [7, 11) is 0. The topological polar surface area (TPSA) is 12.0 Å². The number of rotatable bonds is 0. The second kappa shape index (κ2) is 1.51. The van der Waals surface area contributed by atoms with Crippen molar-refractivity contribution in [3.63, 3.8) is 0 Å². The predicted octanol–water partition coefficient (Wildman–Crippen LogP) is 1.39. The van der Waals surface area contributed by atoms with Crippen LogP contribution in [0.3, 0.4) is 0 Å². The molecule has 2 aliphatic rings. The van der Waals surface area contributed by atoms with Gasteiger partial charge in [-0.1, -0.05) is 13.8 Å². The number of nitrogens with one attached hydrogen (secondary N) is 1. The summed E-state index contributed by atoms with van der Waals surface area (Å²) in [4.78, 5) is 0. The van der Waals surface area contributed by atoms with Crippen LogP contribution in [0.2, 0.25) is 0 Å². The minimum atomic E-state index is 0.611. The van der Waals surface area contributed by atoms with E-state index in [4.69, 9.17) is 0 Å². The van der Waals surface area contributed by atoms with Gasteiger partial charge in [0, 0.05) is 6.04 Å². The fraction of sp³-hybridized carbons (Fsp3) is 1.00. The van der Waals surface area contributed by atoms with E-state index in [0.717, 1.165) is 12.0 Å². The molecule has 2 rings (SSSR count). The Labute approximate surface area is 56.8 Å². The van der Waals surface area contributed by atoms with Gasteiger partial charge in [0.05, 0.1) is 0 Å². The number of hydrogen-bond donors (Lipinski definition) is 1. The van der Waals surface area contributed by atoms with Crippen molar-refractivity contribution in [3.8, 4) is 0 Å². The molecule has 1 heterocycles. The fourth-order valence-electron chi connectivity index (χ4n) is 2.41. The van der Waals surface area contributed by atoms with Crippen molar-refractivity contribution in [2.24, 2.45) is 11.3 Å². The van der Waals surface area contributed by atoms with Crippen molar-refractivity contribution >= 4 is 0 Å². The molecular formula is C8H15N. The third kappa shape index (κ3) is 0.586. The SMILES string of the molecule is CC1(C)[C@@H]2CC[C@H]1NC2. The van der Waals surface area contributed by atoms with Gasteiger partial charge in [-0.25, -0.2) is 0 Å². The molecule has 1 aliphatic carbocycles. The second-order valence-electron chi connectivity index (χ2n) is 4.06. The third-order valence-corrected chi connectivity index (χ3v) is 3.36. The average Bonchev–Trinajstić information content (AvgIpc) is 2.24. The van der Waals surface area contributed by atoms with E-state index >= 15 is 0 Å². The Morgan fingerprint density at radius 1 is 1.33 bits per heavy atom. The van der Waals surface area contributed by atoms with Crippen molar-refractivity contribution in [2.75, 3.05) is 6.54 Å². The van der Waals surface area contributed by atoms with Gasteiger partial charge in [-0.05, 0) is 30.7 Å². The highest BCUT2D eigenvalue weighted by Gasteiger charge is 2.47. The van der Waals surface area contributed by atoms with Crippen molar-refractivity contribution in [1.29, 1.82) is 0 Å². The molecule has 0 unspecified atom stereocenters. The molecule has 1 saturated carbocycles. The van der Waals surface area contributed by atoms with E-state index in [1.807, 2.05) is 0 Å². The molecule has 0 aromatic rings. The summed E-state index contributed by atoms with van der Waals surface area (Å²) in [6.07, 6.45) is 2.88. The van der Waals surface area contributed by atoms with Crippen LogP contribution < -0.4 is 5.32 Å². The van der Waals surface area contributed by atoms with Crippen LogP contribution in [-0.4, -0.2) is 12.6 Å². The second-order valence-corrected chi connectivity index (χ2v) is 4.06. The predicted molar refractivity (Wildman–Crippen MR) is 38.3 cm³/mol. The third-order valence-electron chi connectivity index (χ3n) is 3.36. The summed E-state index contributed by atoms with van der Waals surface area (Å²) in [5, 5.41) is 3.55. The van der Waals surface area contributed by atoms with Crippen LogP contribution in [0.5, 0.6) is 0 Å². The molecule has 2 atom stereocenters. The zero-order valence-electron chi connectivity index (χ0n) is 6.28. The first-order valence-corrected chi connectivity index (χ1v) is 3.94. The van der Waals surface area contributed by atoms with Crippen LogP contribution in [0.15, 0.2) is 0 Å². The van der Waals surface area contributed by atoms with Gasteiger partial charge in [0.25, 0.3) is 0 Å². The summed E-state index contributed by atoms with van der Waals surface area (Å²) < 4.78 is 0. The van der Waals surface area contributed by atoms with Gasteiger partial charge in [-0.15, -0.1) is 0 Å². The Bertz CT molecular complexity index is 107. The summed E-state index contributed by atoms with van der Waals surface area (Å²) in [5.74, 6) is 0.975. The fourth-order valence-corrected chi connectivity index (χ4v) is 2.41. The maximum atomic E-state index is 3.55. The quantitative estimate of drug-likeness (QED) is 0.516. The van der Waals surface area contributed by atoms with Crippen molar-refractivity contribution in [3.05, 3.63) is 0 Å². The highest BCUT2D eigenvalue weighted by Crippen LogP contribution is 2.46. The lowest BCUT2D eigenvalue weighted by molar-refractivity contribution is 0.303. The smallest absolute Gasteiger partial charge is 0.0122 e. The molecule has 1 N–H and O–H groups in total. The van der Waals surface area contributed by atoms with Crippen LogP contribution in [0.4, 0.5) is 0 Å². The molecule has 2 fully saturated rings. The van der Waals surface area contributed by atoms with E-state index in [1.165, 1.54) is 19.4 Å². The van der Waals surface area contributed by atoms with Gasteiger partial charge >= 0.3 is 0 Å².